The topological polar surface area (TPSA) is 65.4 Å². The van der Waals surface area contributed by atoms with E-state index in [2.05, 4.69) is 19.2 Å². The first-order valence-electron chi connectivity index (χ1n) is 8.11. The monoisotopic (exact) mass is 475 g/mol. The van der Waals surface area contributed by atoms with Crippen molar-refractivity contribution in [1.29, 1.82) is 0 Å². The molecule has 0 aliphatic heterocycles. The summed E-state index contributed by atoms with van der Waals surface area (Å²) in [6.45, 7) is 0. The van der Waals surface area contributed by atoms with E-state index in [9.17, 15) is 44.6 Å². The quantitative estimate of drug-likeness (QED) is 0.429. The number of imidazole rings is 1. The van der Waals surface area contributed by atoms with Crippen LogP contribution in [-0.2, 0) is 12.2 Å². The second kappa shape index (κ2) is 7.56. The summed E-state index contributed by atoms with van der Waals surface area (Å²) in [5, 5.41) is 11.5. The van der Waals surface area contributed by atoms with E-state index in [1.54, 1.807) is 0 Å². The Bertz CT molecular complexity index is 1110. The van der Waals surface area contributed by atoms with Gasteiger partial charge in [-0.3, -0.25) is 5.11 Å². The lowest BCUT2D eigenvalue weighted by molar-refractivity contribution is -0.278. The third kappa shape index (κ3) is 5.39. The summed E-state index contributed by atoms with van der Waals surface area (Å²) in [4.78, 5) is 3.83. The summed E-state index contributed by atoms with van der Waals surface area (Å²) in [6, 6.07) is 3.38. The van der Waals surface area contributed by atoms with E-state index in [0.717, 1.165) is 16.7 Å². The maximum Gasteiger partial charge on any atom is 0.573 e. The van der Waals surface area contributed by atoms with Crippen LogP contribution in [-0.4, -0.2) is 28.6 Å². The van der Waals surface area contributed by atoms with Gasteiger partial charge in [-0.2, -0.15) is 0 Å². The molecular weight excluding hydrogens is 467 g/mol. The molecule has 173 valence electrons. The molecule has 0 spiro atoms. The van der Waals surface area contributed by atoms with Gasteiger partial charge in [-0.15, -0.1) is 39.5 Å². The Hall–Kier alpha value is -3.52. The molecule has 0 bridgehead atoms. The second-order valence-corrected chi connectivity index (χ2v) is 6.08. The third-order valence-corrected chi connectivity index (χ3v) is 3.80. The van der Waals surface area contributed by atoms with Crippen molar-refractivity contribution in [2.24, 2.45) is 7.05 Å². The van der Waals surface area contributed by atoms with E-state index in [1.807, 2.05) is 0 Å². The number of alkyl halides is 9. The molecule has 0 unspecified atom stereocenters. The molecule has 0 fully saturated rings. The van der Waals surface area contributed by atoms with E-state index in [-0.39, 0.29) is 23.2 Å². The number of nitrogens with zero attached hydrogens (tertiary/aromatic N) is 2. The molecular formula is C17H8F9N2O4. The molecule has 6 nitrogen and oxygen atoms in total. The Morgan fingerprint density at radius 1 is 0.781 bits per heavy atom. The summed E-state index contributed by atoms with van der Waals surface area (Å²) in [5.74, 6) is -5.68. The predicted octanol–water partition coefficient (Wildman–Crippen LogP) is 6.08. The largest absolute Gasteiger partial charge is 0.573 e. The van der Waals surface area contributed by atoms with Crippen molar-refractivity contribution in [3.05, 3.63) is 30.3 Å². The highest BCUT2D eigenvalue weighted by Crippen LogP contribution is 2.46. The number of halogens is 9. The highest BCUT2D eigenvalue weighted by atomic mass is 19.4. The van der Waals surface area contributed by atoms with Crippen LogP contribution in [0, 0.1) is 0 Å². The highest BCUT2D eigenvalue weighted by Gasteiger charge is 2.39. The lowest BCUT2D eigenvalue weighted by atomic mass is 10.1. The number of rotatable bonds is 4. The van der Waals surface area contributed by atoms with Crippen LogP contribution in [0.3, 0.4) is 0 Å². The molecule has 32 heavy (non-hydrogen) atoms. The number of fused-ring (bicyclic) bond motifs is 1. The molecule has 1 radical (unpaired) electrons. The van der Waals surface area contributed by atoms with Crippen molar-refractivity contribution in [3.63, 3.8) is 0 Å². The van der Waals surface area contributed by atoms with Crippen LogP contribution in [0.5, 0.6) is 23.0 Å². The van der Waals surface area contributed by atoms with Crippen LogP contribution in [0.15, 0.2) is 30.3 Å². The summed E-state index contributed by atoms with van der Waals surface area (Å²) >= 11 is 0. The Labute approximate surface area is 171 Å². The van der Waals surface area contributed by atoms with E-state index < -0.39 is 53.5 Å². The number of benzene rings is 2. The first-order valence-corrected chi connectivity index (χ1v) is 8.11. The lowest BCUT2D eigenvalue weighted by Crippen LogP contribution is -2.22. The van der Waals surface area contributed by atoms with Gasteiger partial charge < -0.3 is 18.8 Å². The smallest absolute Gasteiger partial charge is 0.406 e. The summed E-state index contributed by atoms with van der Waals surface area (Å²) in [6.07, 6.45) is -16.5. The zero-order valence-electron chi connectivity index (χ0n) is 15.3. The first kappa shape index (κ1) is 23.1. The fourth-order valence-electron chi connectivity index (χ4n) is 2.79. The summed E-state index contributed by atoms with van der Waals surface area (Å²) in [7, 11) is 1.18. The molecule has 2 aromatic carbocycles. The molecule has 3 aromatic rings. The molecule has 0 aliphatic rings. The molecule has 3 rings (SSSR count). The van der Waals surface area contributed by atoms with E-state index >= 15 is 0 Å². The Morgan fingerprint density at radius 3 is 1.75 bits per heavy atom. The standard InChI is InChI=1S/C17H8F9N2O4/c1-28-10-3-2-7(29)4-9(10)27-14(28)13-11(31-16(21,22)23)5-8(30-15(18,19)20)6-12(13)32-17(24,25)26/h2-6H,1H3. The van der Waals surface area contributed by atoms with Crippen molar-refractivity contribution in [2.45, 2.75) is 19.1 Å². The second-order valence-electron chi connectivity index (χ2n) is 6.08. The molecule has 15 heteroatoms. The SMILES string of the molecule is Cn1c(-c2c(OC(F)(F)F)cc(OC(F)(F)F)cc2OC(F)(F)F)nc2cc([O])ccc21. The van der Waals surface area contributed by atoms with Gasteiger partial charge in [-0.25, -0.2) is 4.98 Å². The fraction of sp³-hybridized carbons (Fsp3) is 0.235. The van der Waals surface area contributed by atoms with E-state index in [4.69, 9.17) is 0 Å². The predicted molar refractivity (Wildman–Crippen MR) is 86.3 cm³/mol. The average molecular weight is 475 g/mol. The molecule has 1 aromatic heterocycles. The van der Waals surface area contributed by atoms with Gasteiger partial charge in [0, 0.05) is 25.2 Å². The van der Waals surface area contributed by atoms with Crippen LogP contribution in [0.25, 0.3) is 22.4 Å². The summed E-state index contributed by atoms with van der Waals surface area (Å²) in [5.41, 5.74) is -1.08. The number of hydrogen-bond donors (Lipinski definition) is 0. The van der Waals surface area contributed by atoms with Crippen molar-refractivity contribution in [2.75, 3.05) is 0 Å². The molecule has 0 saturated carbocycles. The van der Waals surface area contributed by atoms with Crippen LogP contribution in [0.1, 0.15) is 0 Å². The Kier molecular flexibility index (Phi) is 5.47. The van der Waals surface area contributed by atoms with Gasteiger partial charge in [0.15, 0.2) is 5.75 Å². The highest BCUT2D eigenvalue weighted by molar-refractivity contribution is 5.85. The van der Waals surface area contributed by atoms with Gasteiger partial charge >= 0.3 is 19.1 Å². The molecule has 0 aliphatic carbocycles. The minimum Gasteiger partial charge on any atom is -0.406 e. The Morgan fingerprint density at radius 2 is 1.28 bits per heavy atom. The van der Waals surface area contributed by atoms with Gasteiger partial charge in [-0.05, 0) is 12.1 Å². The molecule has 0 atom stereocenters. The van der Waals surface area contributed by atoms with Crippen molar-refractivity contribution in [3.8, 4) is 34.4 Å². The van der Waals surface area contributed by atoms with Crippen molar-refractivity contribution >= 4 is 11.0 Å². The van der Waals surface area contributed by atoms with Crippen LogP contribution < -0.4 is 14.2 Å². The molecule has 1 heterocycles. The molecule has 0 amide bonds. The van der Waals surface area contributed by atoms with Gasteiger partial charge in [0.2, 0.25) is 0 Å². The maximum absolute atomic E-state index is 12.9. The number of aromatic nitrogens is 2. The lowest BCUT2D eigenvalue weighted by Gasteiger charge is -2.20. The van der Waals surface area contributed by atoms with Gasteiger partial charge in [0.1, 0.15) is 28.6 Å². The number of ether oxygens (including phenoxy) is 3. The zero-order valence-corrected chi connectivity index (χ0v) is 15.3. The van der Waals surface area contributed by atoms with Crippen molar-refractivity contribution in [1.82, 2.24) is 9.55 Å². The minimum atomic E-state index is -5.52. The fourth-order valence-corrected chi connectivity index (χ4v) is 2.79. The normalized spacial score (nSPS) is 12.8. The van der Waals surface area contributed by atoms with Crippen LogP contribution in [0.2, 0.25) is 0 Å². The minimum absolute atomic E-state index is 0.0813. The van der Waals surface area contributed by atoms with Gasteiger partial charge in [0.05, 0.1) is 11.0 Å². The third-order valence-electron chi connectivity index (χ3n) is 3.80. The van der Waals surface area contributed by atoms with Gasteiger partial charge in [0.25, 0.3) is 0 Å². The Balaban J connectivity index is 2.34. The van der Waals surface area contributed by atoms with Gasteiger partial charge in [-0.1, -0.05) is 0 Å². The average Bonchev–Trinajstić information content (AvgIpc) is 2.86. The van der Waals surface area contributed by atoms with E-state index in [1.165, 1.54) is 13.1 Å². The molecule has 0 saturated heterocycles. The maximum atomic E-state index is 12.9. The van der Waals surface area contributed by atoms with Crippen LogP contribution >= 0.6 is 0 Å². The first-order chi connectivity index (χ1) is 14.5. The molecule has 0 N–H and O–H groups in total. The van der Waals surface area contributed by atoms with E-state index in [0.29, 0.717) is 0 Å². The number of aryl methyl sites for hydroxylation is 1. The number of hydrogen-bond acceptors (Lipinski definition) is 4. The van der Waals surface area contributed by atoms with Crippen LogP contribution in [0.4, 0.5) is 39.5 Å². The summed E-state index contributed by atoms with van der Waals surface area (Å²) < 4.78 is 127. The zero-order chi connectivity index (χ0) is 24.1. The van der Waals surface area contributed by atoms with Crippen molar-refractivity contribution < 1.29 is 58.8 Å².